The van der Waals surface area contributed by atoms with Gasteiger partial charge in [0, 0.05) is 0 Å². The standard InChI is InChI=1S/C13H9.C13H21.C7H5F.Zr/c1-3-7-12-10(5-1)9-11-6-2-4-8-13(11)12;1-6-10-8-11(7-2)12(9-10)13(3,4)5;1-6-2-4-7(8)5-3-6;/h1-5,7-8H,9H2;9-10H,6-7H2,1-5H3;1-5H;/q2*-1;;+2. The fourth-order valence-electron chi connectivity index (χ4n) is 4.42. The van der Waals surface area contributed by atoms with Crippen molar-refractivity contribution in [1.29, 1.82) is 0 Å². The first-order valence-electron chi connectivity index (χ1n) is 12.5. The summed E-state index contributed by atoms with van der Waals surface area (Å²) in [6.45, 7) is 11.3. The maximum Gasteiger partial charge on any atom is -0.0253 e. The van der Waals surface area contributed by atoms with Crippen LogP contribution >= 0.6 is 0 Å². The van der Waals surface area contributed by atoms with E-state index in [9.17, 15) is 4.39 Å². The second-order valence-corrected chi connectivity index (χ2v) is 10.6. The average molecular weight is 542 g/mol. The maximum absolute atomic E-state index is 12.2. The van der Waals surface area contributed by atoms with Crippen molar-refractivity contribution in [1.82, 2.24) is 0 Å². The fraction of sp³-hybridized carbons (Fsp3) is 0.303. The molecule has 0 bridgehead atoms. The molecule has 0 spiro atoms. The van der Waals surface area contributed by atoms with Crippen molar-refractivity contribution in [3.8, 4) is 11.1 Å². The normalized spacial score (nSPS) is 15.5. The summed E-state index contributed by atoms with van der Waals surface area (Å²) in [5.74, 6) is 0.403. The molecule has 178 valence electrons. The molecule has 0 saturated heterocycles. The van der Waals surface area contributed by atoms with Crippen LogP contribution in [0.3, 0.4) is 0 Å². The minimum atomic E-state index is -0.170. The summed E-state index contributed by atoms with van der Waals surface area (Å²) in [7, 11) is 0. The van der Waals surface area contributed by atoms with Crippen LogP contribution in [-0.4, -0.2) is 3.71 Å². The van der Waals surface area contributed by atoms with Crippen LogP contribution in [-0.2, 0) is 30.7 Å². The number of fused-ring (bicyclic) bond motifs is 3. The quantitative estimate of drug-likeness (QED) is 0.228. The zero-order chi connectivity index (χ0) is 25.4. The van der Waals surface area contributed by atoms with Gasteiger partial charge in [-0.1, -0.05) is 94.2 Å². The van der Waals surface area contributed by atoms with Gasteiger partial charge in [-0.25, -0.2) is 5.57 Å². The van der Waals surface area contributed by atoms with Gasteiger partial charge in [0.15, 0.2) is 0 Å². The van der Waals surface area contributed by atoms with Gasteiger partial charge in [-0.15, -0.1) is 5.56 Å². The predicted octanol–water partition coefficient (Wildman–Crippen LogP) is 8.72. The Morgan fingerprint density at radius 2 is 1.66 bits per heavy atom. The van der Waals surface area contributed by atoms with Crippen molar-refractivity contribution in [3.05, 3.63) is 119 Å². The summed E-state index contributed by atoms with van der Waals surface area (Å²) in [6.07, 6.45) is 9.33. The Hall–Kier alpha value is -2.18. The summed E-state index contributed by atoms with van der Waals surface area (Å²) in [4.78, 5) is 0. The second-order valence-electron chi connectivity index (χ2n) is 9.91. The number of halogens is 1. The van der Waals surface area contributed by atoms with Crippen LogP contribution in [0.4, 0.5) is 4.39 Å². The molecule has 0 saturated carbocycles. The molecular weight excluding hydrogens is 507 g/mol. The third kappa shape index (κ3) is 7.41. The number of hydrogen-bond donors (Lipinski definition) is 0. The van der Waals surface area contributed by atoms with Gasteiger partial charge in [0.1, 0.15) is 0 Å². The van der Waals surface area contributed by atoms with E-state index < -0.39 is 0 Å². The summed E-state index contributed by atoms with van der Waals surface area (Å²) in [5, 5.41) is 0. The van der Waals surface area contributed by atoms with Crippen molar-refractivity contribution in [2.45, 2.75) is 53.9 Å². The summed E-state index contributed by atoms with van der Waals surface area (Å²) in [6, 6.07) is 24.6. The second kappa shape index (κ2) is 12.7. The number of rotatable bonds is 3. The zero-order valence-corrected chi connectivity index (χ0v) is 24.0. The van der Waals surface area contributed by atoms with E-state index in [1.165, 1.54) is 76.2 Å². The minimum absolute atomic E-state index is 0.170. The van der Waals surface area contributed by atoms with E-state index in [0.29, 0.717) is 11.3 Å². The van der Waals surface area contributed by atoms with Crippen LogP contribution < -0.4 is 0 Å². The topological polar surface area (TPSA) is 0 Å². The van der Waals surface area contributed by atoms with Gasteiger partial charge < -0.3 is 0 Å². The molecule has 0 nitrogen and oxygen atoms in total. The summed E-state index contributed by atoms with van der Waals surface area (Å²) in [5.41, 5.74) is 9.86. The molecule has 2 aliphatic carbocycles. The Balaban J connectivity index is 0.000000150. The molecule has 5 rings (SSSR count). The molecule has 2 aliphatic rings. The van der Waals surface area contributed by atoms with Crippen LogP contribution in [0.1, 0.15) is 64.2 Å². The van der Waals surface area contributed by atoms with E-state index in [2.05, 4.69) is 89.2 Å². The van der Waals surface area contributed by atoms with Crippen molar-refractivity contribution in [3.63, 3.8) is 0 Å². The molecule has 0 amide bonds. The SMILES string of the molecule is CCC1=[C-]C(CC)C=C1C(C)(C)C.Fc1ccc([CH]=[Zr+2])cc1.[c-]1cccc2c1Cc1ccccc1-2. The molecule has 2 heteroatoms. The first-order chi connectivity index (χ1) is 16.8. The van der Waals surface area contributed by atoms with E-state index in [1.54, 1.807) is 12.1 Å². The van der Waals surface area contributed by atoms with Crippen LogP contribution in [0.5, 0.6) is 0 Å². The molecule has 0 aliphatic heterocycles. The Morgan fingerprint density at radius 3 is 2.26 bits per heavy atom. The average Bonchev–Trinajstić information content (AvgIpc) is 3.47. The Morgan fingerprint density at radius 1 is 0.971 bits per heavy atom. The van der Waals surface area contributed by atoms with Crippen molar-refractivity contribution in [2.75, 3.05) is 0 Å². The van der Waals surface area contributed by atoms with Crippen LogP contribution in [0, 0.1) is 29.3 Å². The van der Waals surface area contributed by atoms with Gasteiger partial charge >= 0.3 is 68.0 Å². The maximum atomic E-state index is 12.2. The summed E-state index contributed by atoms with van der Waals surface area (Å²) < 4.78 is 14.2. The van der Waals surface area contributed by atoms with Crippen LogP contribution in [0.15, 0.2) is 84.0 Å². The Bertz CT molecular complexity index is 1150. The zero-order valence-electron chi connectivity index (χ0n) is 21.6. The molecule has 0 aromatic heterocycles. The Labute approximate surface area is 226 Å². The van der Waals surface area contributed by atoms with Gasteiger partial charge in [-0.2, -0.15) is 41.5 Å². The van der Waals surface area contributed by atoms with Crippen LogP contribution in [0.2, 0.25) is 0 Å². The smallest absolute Gasteiger partial charge is 0.0253 e. The van der Waals surface area contributed by atoms with Crippen molar-refractivity contribution in [2.24, 2.45) is 11.3 Å². The third-order valence-corrected chi connectivity index (χ3v) is 7.13. The van der Waals surface area contributed by atoms with Gasteiger partial charge in [-0.05, 0) is 6.42 Å². The molecule has 0 fully saturated rings. The number of allylic oxidation sites excluding steroid dienone is 4. The first kappa shape index (κ1) is 27.4. The van der Waals surface area contributed by atoms with Crippen LogP contribution in [0.25, 0.3) is 11.1 Å². The van der Waals surface area contributed by atoms with Gasteiger partial charge in [0.25, 0.3) is 0 Å². The van der Waals surface area contributed by atoms with E-state index >= 15 is 0 Å². The minimum Gasteiger partial charge on any atom is -0.179 e. The molecule has 0 N–H and O–H groups in total. The molecule has 0 radical (unpaired) electrons. The van der Waals surface area contributed by atoms with Crippen molar-refractivity contribution < 1.29 is 28.6 Å². The molecule has 3 aromatic carbocycles. The summed E-state index contributed by atoms with van der Waals surface area (Å²) >= 11 is 1.34. The van der Waals surface area contributed by atoms with E-state index in [4.69, 9.17) is 0 Å². The molecule has 35 heavy (non-hydrogen) atoms. The Kier molecular flexibility index (Phi) is 9.93. The largest absolute Gasteiger partial charge is 0.179 e. The molecule has 3 aromatic rings. The number of benzene rings is 3. The van der Waals surface area contributed by atoms with E-state index in [-0.39, 0.29) is 5.82 Å². The van der Waals surface area contributed by atoms with Crippen molar-refractivity contribution >= 4 is 3.71 Å². The van der Waals surface area contributed by atoms with E-state index in [0.717, 1.165) is 18.4 Å². The molecule has 1 unspecified atom stereocenters. The molecule has 1 atom stereocenters. The fourth-order valence-corrected chi connectivity index (χ4v) is 4.89. The number of hydrogen-bond acceptors (Lipinski definition) is 0. The monoisotopic (exact) mass is 540 g/mol. The van der Waals surface area contributed by atoms with Gasteiger partial charge in [0.05, 0.1) is 0 Å². The predicted molar refractivity (Wildman–Crippen MR) is 143 cm³/mol. The van der Waals surface area contributed by atoms with E-state index in [1.807, 2.05) is 9.78 Å². The third-order valence-electron chi connectivity index (χ3n) is 6.31. The van der Waals surface area contributed by atoms with Gasteiger partial charge in [0.2, 0.25) is 0 Å². The van der Waals surface area contributed by atoms with Gasteiger partial charge in [-0.3, -0.25) is 6.08 Å². The first-order valence-corrected chi connectivity index (χ1v) is 13.9. The molecule has 0 heterocycles. The molecular formula is C33H35FZr.